The smallest absolute Gasteiger partial charge is 0.247 e. The van der Waals surface area contributed by atoms with Gasteiger partial charge in [-0.3, -0.25) is 9.69 Å². The monoisotopic (exact) mass is 388 g/mol. The highest BCUT2D eigenvalue weighted by molar-refractivity contribution is 7.09. The normalized spacial score (nSPS) is 20.4. The maximum Gasteiger partial charge on any atom is 0.247 e. The highest BCUT2D eigenvalue weighted by Crippen LogP contribution is 2.27. The average molecular weight is 389 g/mol. The van der Waals surface area contributed by atoms with Crippen molar-refractivity contribution >= 4 is 22.9 Å². The number of anilines is 1. The van der Waals surface area contributed by atoms with Crippen molar-refractivity contribution < 1.29 is 9.53 Å². The predicted molar refractivity (Wildman–Crippen MR) is 109 cm³/mol. The fourth-order valence-electron chi connectivity index (χ4n) is 3.57. The molecule has 2 heterocycles. The largest absolute Gasteiger partial charge is 0.383 e. The Morgan fingerprint density at radius 3 is 2.89 bits per heavy atom. The third kappa shape index (κ3) is 5.28. The number of nitrogens with zero attached hydrogens (tertiary/aromatic N) is 2. The SMILES string of the molecule is COCCNC(=O)C1(Nc2ccccc2)CCCN(Cc2csc(C)n2)C1. The molecule has 1 amide bonds. The number of ether oxygens (including phenoxy) is 1. The molecule has 1 fully saturated rings. The molecule has 1 unspecified atom stereocenters. The van der Waals surface area contributed by atoms with Gasteiger partial charge in [0.05, 0.1) is 17.3 Å². The molecule has 2 N–H and O–H groups in total. The first kappa shape index (κ1) is 19.8. The van der Waals surface area contributed by atoms with Gasteiger partial charge in [-0.05, 0) is 38.4 Å². The Labute approximate surface area is 164 Å². The fraction of sp³-hybridized carbons (Fsp3) is 0.500. The number of carbonyl (C=O) groups is 1. The summed E-state index contributed by atoms with van der Waals surface area (Å²) >= 11 is 1.67. The highest BCUT2D eigenvalue weighted by atomic mass is 32.1. The second-order valence-electron chi connectivity index (χ2n) is 6.99. The third-order valence-corrected chi connectivity index (χ3v) is 5.63. The number of hydrogen-bond acceptors (Lipinski definition) is 6. The number of nitrogens with one attached hydrogen (secondary N) is 2. The lowest BCUT2D eigenvalue weighted by atomic mass is 9.87. The van der Waals surface area contributed by atoms with Crippen LogP contribution in [0.2, 0.25) is 0 Å². The van der Waals surface area contributed by atoms with Crippen LogP contribution in [0.4, 0.5) is 5.69 Å². The minimum atomic E-state index is -0.654. The lowest BCUT2D eigenvalue weighted by molar-refractivity contribution is -0.127. The Morgan fingerprint density at radius 1 is 1.37 bits per heavy atom. The quantitative estimate of drug-likeness (QED) is 0.681. The predicted octanol–water partition coefficient (Wildman–Crippen LogP) is 2.66. The van der Waals surface area contributed by atoms with Crippen LogP contribution in [0.15, 0.2) is 35.7 Å². The van der Waals surface area contributed by atoms with Crippen molar-refractivity contribution in [2.45, 2.75) is 31.8 Å². The molecular weight excluding hydrogens is 360 g/mol. The average Bonchev–Trinajstić information content (AvgIpc) is 3.07. The highest BCUT2D eigenvalue weighted by Gasteiger charge is 2.42. The molecule has 1 aromatic heterocycles. The lowest BCUT2D eigenvalue weighted by Crippen LogP contribution is -2.61. The standard InChI is InChI=1S/C20H28N4O2S/c1-16-22-18(14-27-16)13-24-11-6-9-20(15-24,19(25)21-10-12-26-2)23-17-7-4-3-5-8-17/h3-5,7-8,14,23H,6,9-13,15H2,1-2H3,(H,21,25). The van der Waals surface area contributed by atoms with E-state index in [-0.39, 0.29) is 5.91 Å². The van der Waals surface area contributed by atoms with Crippen LogP contribution in [0.1, 0.15) is 23.5 Å². The molecule has 1 aliphatic heterocycles. The van der Waals surface area contributed by atoms with Crippen LogP contribution in [-0.4, -0.2) is 54.7 Å². The Balaban J connectivity index is 1.76. The van der Waals surface area contributed by atoms with Crippen LogP contribution < -0.4 is 10.6 Å². The molecule has 146 valence electrons. The Kier molecular flexibility index (Phi) is 6.82. The maximum absolute atomic E-state index is 13.1. The molecule has 1 saturated heterocycles. The maximum atomic E-state index is 13.1. The molecule has 2 aromatic rings. The van der Waals surface area contributed by atoms with Gasteiger partial charge in [0.2, 0.25) is 5.91 Å². The Hall–Kier alpha value is -1.96. The second kappa shape index (κ2) is 9.30. The fourth-order valence-corrected chi connectivity index (χ4v) is 4.17. The van der Waals surface area contributed by atoms with Gasteiger partial charge in [-0.25, -0.2) is 4.98 Å². The molecule has 0 aliphatic carbocycles. The zero-order chi connectivity index (χ0) is 19.1. The number of carbonyl (C=O) groups excluding carboxylic acids is 1. The van der Waals surface area contributed by atoms with Crippen molar-refractivity contribution in [1.29, 1.82) is 0 Å². The summed E-state index contributed by atoms with van der Waals surface area (Å²) in [6.07, 6.45) is 1.76. The molecule has 0 bridgehead atoms. The number of hydrogen-bond donors (Lipinski definition) is 2. The van der Waals surface area contributed by atoms with Crippen LogP contribution in [-0.2, 0) is 16.1 Å². The number of aromatic nitrogens is 1. The van der Waals surface area contributed by atoms with E-state index in [0.29, 0.717) is 19.7 Å². The molecule has 7 heteroatoms. The molecule has 0 spiro atoms. The number of aryl methyl sites for hydroxylation is 1. The number of thiazole rings is 1. The minimum absolute atomic E-state index is 0.0301. The van der Waals surface area contributed by atoms with Gasteiger partial charge in [0.25, 0.3) is 0 Å². The van der Waals surface area contributed by atoms with E-state index in [2.05, 4.69) is 25.9 Å². The third-order valence-electron chi connectivity index (χ3n) is 4.81. The van der Waals surface area contributed by atoms with Gasteiger partial charge in [-0.1, -0.05) is 18.2 Å². The molecule has 27 heavy (non-hydrogen) atoms. The lowest BCUT2D eigenvalue weighted by Gasteiger charge is -2.42. The van der Waals surface area contributed by atoms with Gasteiger partial charge >= 0.3 is 0 Å². The number of piperidine rings is 1. The van der Waals surface area contributed by atoms with Crippen molar-refractivity contribution in [3.05, 3.63) is 46.4 Å². The summed E-state index contributed by atoms with van der Waals surface area (Å²) in [7, 11) is 1.64. The summed E-state index contributed by atoms with van der Waals surface area (Å²) in [6.45, 7) is 5.44. The van der Waals surface area contributed by atoms with Gasteiger partial charge < -0.3 is 15.4 Å². The first-order chi connectivity index (χ1) is 13.1. The van der Waals surface area contributed by atoms with Gasteiger partial charge in [-0.15, -0.1) is 11.3 Å². The second-order valence-corrected chi connectivity index (χ2v) is 8.06. The van der Waals surface area contributed by atoms with Gasteiger partial charge in [0.15, 0.2) is 0 Å². The van der Waals surface area contributed by atoms with Crippen LogP contribution in [0, 0.1) is 6.92 Å². The first-order valence-electron chi connectivity index (χ1n) is 9.35. The van der Waals surface area contributed by atoms with Crippen molar-refractivity contribution in [2.75, 3.05) is 38.7 Å². The zero-order valence-corrected chi connectivity index (χ0v) is 16.8. The number of likely N-dealkylation sites (tertiary alicyclic amines) is 1. The summed E-state index contributed by atoms with van der Waals surface area (Å²) in [4.78, 5) is 20.0. The summed E-state index contributed by atoms with van der Waals surface area (Å²) in [5, 5.41) is 9.75. The van der Waals surface area contributed by atoms with Crippen LogP contribution in [0.5, 0.6) is 0 Å². The van der Waals surface area contributed by atoms with E-state index in [1.54, 1.807) is 18.4 Å². The summed E-state index contributed by atoms with van der Waals surface area (Å²) < 4.78 is 5.08. The topological polar surface area (TPSA) is 66.5 Å². The zero-order valence-electron chi connectivity index (χ0n) is 16.0. The van der Waals surface area contributed by atoms with E-state index < -0.39 is 5.54 Å². The van der Waals surface area contributed by atoms with E-state index in [9.17, 15) is 4.79 Å². The number of methoxy groups -OCH3 is 1. The number of amides is 1. The molecule has 1 aromatic carbocycles. The molecular formula is C20H28N4O2S. The van der Waals surface area contributed by atoms with Crippen molar-refractivity contribution in [1.82, 2.24) is 15.2 Å². The molecule has 6 nitrogen and oxygen atoms in total. The Morgan fingerprint density at radius 2 is 2.19 bits per heavy atom. The molecule has 0 radical (unpaired) electrons. The van der Waals surface area contributed by atoms with Gasteiger partial charge in [-0.2, -0.15) is 0 Å². The number of rotatable bonds is 8. The van der Waals surface area contributed by atoms with E-state index in [1.807, 2.05) is 37.3 Å². The first-order valence-corrected chi connectivity index (χ1v) is 10.2. The summed E-state index contributed by atoms with van der Waals surface area (Å²) in [5.41, 5.74) is 1.39. The van der Waals surface area contributed by atoms with E-state index >= 15 is 0 Å². The van der Waals surface area contributed by atoms with E-state index in [4.69, 9.17) is 4.74 Å². The van der Waals surface area contributed by atoms with Crippen LogP contribution in [0.25, 0.3) is 0 Å². The van der Waals surface area contributed by atoms with Crippen molar-refractivity contribution in [3.63, 3.8) is 0 Å². The van der Waals surface area contributed by atoms with Crippen LogP contribution >= 0.6 is 11.3 Å². The van der Waals surface area contributed by atoms with Gasteiger partial charge in [0, 0.05) is 37.8 Å². The molecule has 3 rings (SSSR count). The minimum Gasteiger partial charge on any atom is -0.383 e. The number of para-hydroxylation sites is 1. The molecule has 1 aliphatic rings. The number of benzene rings is 1. The van der Waals surface area contributed by atoms with Crippen molar-refractivity contribution in [2.24, 2.45) is 0 Å². The van der Waals surface area contributed by atoms with Crippen LogP contribution in [0.3, 0.4) is 0 Å². The molecule has 1 atom stereocenters. The van der Waals surface area contributed by atoms with Crippen molar-refractivity contribution in [3.8, 4) is 0 Å². The Bertz CT molecular complexity index is 737. The summed E-state index contributed by atoms with van der Waals surface area (Å²) in [5.74, 6) is 0.0301. The van der Waals surface area contributed by atoms with E-state index in [1.165, 1.54) is 0 Å². The van der Waals surface area contributed by atoms with Gasteiger partial charge in [0.1, 0.15) is 5.54 Å². The van der Waals surface area contributed by atoms with E-state index in [0.717, 1.165) is 42.3 Å². The molecule has 0 saturated carbocycles. The summed E-state index contributed by atoms with van der Waals surface area (Å²) in [6, 6.07) is 9.96.